The zero-order valence-corrected chi connectivity index (χ0v) is 12.9. The minimum absolute atomic E-state index is 0.207. The van der Waals surface area contributed by atoms with Crippen molar-refractivity contribution in [3.05, 3.63) is 63.6 Å². The highest BCUT2D eigenvalue weighted by atomic mass is 35.5. The first-order valence-corrected chi connectivity index (χ1v) is 6.97. The predicted octanol–water partition coefficient (Wildman–Crippen LogP) is 3.61. The summed E-state index contributed by atoms with van der Waals surface area (Å²) in [6, 6.07) is 13.4. The van der Waals surface area contributed by atoms with Gasteiger partial charge in [-0.25, -0.2) is 5.43 Å². The number of nitrogens with two attached hydrogens (primary N) is 1. The molecule has 0 heterocycles. The Balaban J connectivity index is 2.47. The van der Waals surface area contributed by atoms with E-state index in [1.54, 1.807) is 6.07 Å². The summed E-state index contributed by atoms with van der Waals surface area (Å²) in [5, 5.41) is 1.04. The molecule has 0 amide bonds. The molecule has 0 aliphatic carbocycles. The number of rotatable bonds is 4. The number of halogens is 2. The lowest BCUT2D eigenvalue weighted by Gasteiger charge is -2.21. The van der Waals surface area contributed by atoms with Crippen LogP contribution < -0.4 is 16.2 Å². The number of anilines is 1. The van der Waals surface area contributed by atoms with Crippen molar-refractivity contribution in [2.45, 2.75) is 6.04 Å². The quantitative estimate of drug-likeness (QED) is 0.669. The molecule has 2 aromatic carbocycles. The van der Waals surface area contributed by atoms with Gasteiger partial charge in [-0.05, 0) is 29.3 Å². The van der Waals surface area contributed by atoms with Crippen molar-refractivity contribution >= 4 is 28.9 Å². The number of hydrazine groups is 1. The molecule has 1 unspecified atom stereocenters. The van der Waals surface area contributed by atoms with Crippen molar-refractivity contribution < 1.29 is 0 Å². The zero-order valence-electron chi connectivity index (χ0n) is 11.4. The van der Waals surface area contributed by atoms with Crippen LogP contribution in [0.4, 0.5) is 5.69 Å². The molecule has 0 aromatic heterocycles. The first-order valence-electron chi connectivity index (χ1n) is 6.22. The normalized spacial score (nSPS) is 12.2. The fraction of sp³-hybridized carbons (Fsp3) is 0.200. The number of benzene rings is 2. The van der Waals surface area contributed by atoms with Gasteiger partial charge in [0, 0.05) is 19.8 Å². The van der Waals surface area contributed by atoms with Crippen LogP contribution in [0.5, 0.6) is 0 Å². The molecule has 3 nitrogen and oxygen atoms in total. The van der Waals surface area contributed by atoms with Gasteiger partial charge in [0.05, 0.1) is 16.1 Å². The van der Waals surface area contributed by atoms with Gasteiger partial charge in [-0.15, -0.1) is 0 Å². The van der Waals surface area contributed by atoms with E-state index in [9.17, 15) is 0 Å². The summed E-state index contributed by atoms with van der Waals surface area (Å²) in [4.78, 5) is 2.04. The zero-order chi connectivity index (χ0) is 14.7. The van der Waals surface area contributed by atoms with Crippen LogP contribution in [0.1, 0.15) is 17.2 Å². The van der Waals surface area contributed by atoms with E-state index in [0.717, 1.165) is 16.8 Å². The number of hydrogen-bond acceptors (Lipinski definition) is 3. The summed E-state index contributed by atoms with van der Waals surface area (Å²) in [6.45, 7) is 0. The Hall–Kier alpha value is -1.26. The Labute approximate surface area is 129 Å². The third kappa shape index (κ3) is 3.07. The van der Waals surface area contributed by atoms with E-state index in [1.807, 2.05) is 49.3 Å². The molecule has 0 aliphatic rings. The van der Waals surface area contributed by atoms with Crippen molar-refractivity contribution in [3.8, 4) is 0 Å². The summed E-state index contributed by atoms with van der Waals surface area (Å²) < 4.78 is 0. The molecule has 0 saturated carbocycles. The third-order valence-electron chi connectivity index (χ3n) is 3.18. The molecule has 0 bridgehead atoms. The molecule has 0 fully saturated rings. The Morgan fingerprint density at radius 3 is 2.45 bits per heavy atom. The van der Waals surface area contributed by atoms with Gasteiger partial charge in [0.2, 0.25) is 0 Å². The highest BCUT2D eigenvalue weighted by Gasteiger charge is 2.17. The Morgan fingerprint density at radius 2 is 1.80 bits per heavy atom. The monoisotopic (exact) mass is 309 g/mol. The standard InChI is InChI=1S/C15H17Cl2N3/c1-20(2)11-6-3-5-10(9-11)15(19-18)12-7-4-8-13(16)14(12)17/h3-9,15,19H,18H2,1-2H3. The van der Waals surface area contributed by atoms with Gasteiger partial charge in [-0.1, -0.05) is 47.5 Å². The maximum Gasteiger partial charge on any atom is 0.0725 e. The highest BCUT2D eigenvalue weighted by Crippen LogP contribution is 2.33. The fourth-order valence-corrected chi connectivity index (χ4v) is 2.51. The molecular formula is C15H17Cl2N3. The van der Waals surface area contributed by atoms with Crippen LogP contribution in [-0.2, 0) is 0 Å². The van der Waals surface area contributed by atoms with Gasteiger partial charge in [0.1, 0.15) is 0 Å². The van der Waals surface area contributed by atoms with Crippen LogP contribution in [0.15, 0.2) is 42.5 Å². The van der Waals surface area contributed by atoms with Crippen LogP contribution in [0, 0.1) is 0 Å². The van der Waals surface area contributed by atoms with Gasteiger partial charge in [-0.2, -0.15) is 0 Å². The second-order valence-corrected chi connectivity index (χ2v) is 5.52. The Kier molecular flexibility index (Phi) is 4.89. The smallest absolute Gasteiger partial charge is 0.0725 e. The highest BCUT2D eigenvalue weighted by molar-refractivity contribution is 6.42. The largest absolute Gasteiger partial charge is 0.378 e. The van der Waals surface area contributed by atoms with Crippen molar-refractivity contribution in [3.63, 3.8) is 0 Å². The second-order valence-electron chi connectivity index (χ2n) is 4.73. The molecule has 0 saturated heterocycles. The summed E-state index contributed by atoms with van der Waals surface area (Å²) in [6.07, 6.45) is 0. The first-order chi connectivity index (χ1) is 9.54. The summed E-state index contributed by atoms with van der Waals surface area (Å²) in [7, 11) is 3.99. The van der Waals surface area contributed by atoms with Gasteiger partial charge in [0.15, 0.2) is 0 Å². The van der Waals surface area contributed by atoms with E-state index in [4.69, 9.17) is 29.0 Å². The topological polar surface area (TPSA) is 41.3 Å². The van der Waals surface area contributed by atoms with Crippen molar-refractivity contribution in [2.75, 3.05) is 19.0 Å². The second kappa shape index (κ2) is 6.46. The minimum atomic E-state index is -0.207. The predicted molar refractivity (Wildman–Crippen MR) is 86.4 cm³/mol. The van der Waals surface area contributed by atoms with E-state index in [0.29, 0.717) is 10.0 Å². The molecule has 2 aromatic rings. The third-order valence-corrected chi connectivity index (χ3v) is 4.01. The SMILES string of the molecule is CN(C)c1cccc(C(NN)c2cccc(Cl)c2Cl)c1. The summed E-state index contributed by atoms with van der Waals surface area (Å²) >= 11 is 12.4. The first kappa shape index (κ1) is 15.1. The molecule has 5 heteroatoms. The van der Waals surface area contributed by atoms with Crippen LogP contribution >= 0.6 is 23.2 Å². The lowest BCUT2D eigenvalue weighted by molar-refractivity contribution is 0.637. The van der Waals surface area contributed by atoms with E-state index < -0.39 is 0 Å². The van der Waals surface area contributed by atoms with E-state index in [-0.39, 0.29) is 6.04 Å². The number of hydrogen-bond donors (Lipinski definition) is 2. The van der Waals surface area contributed by atoms with E-state index in [2.05, 4.69) is 11.5 Å². The Morgan fingerprint density at radius 1 is 1.10 bits per heavy atom. The van der Waals surface area contributed by atoms with Gasteiger partial charge >= 0.3 is 0 Å². The molecule has 0 radical (unpaired) electrons. The molecular weight excluding hydrogens is 293 g/mol. The maximum atomic E-state index is 6.28. The van der Waals surface area contributed by atoms with Gasteiger partial charge < -0.3 is 4.90 Å². The fourth-order valence-electron chi connectivity index (χ4n) is 2.09. The lowest BCUT2D eigenvalue weighted by atomic mass is 9.98. The molecule has 106 valence electrons. The van der Waals surface area contributed by atoms with Crippen molar-refractivity contribution in [1.82, 2.24) is 5.43 Å². The van der Waals surface area contributed by atoms with Crippen LogP contribution in [0.2, 0.25) is 10.0 Å². The number of nitrogens with one attached hydrogen (secondary N) is 1. The maximum absolute atomic E-state index is 6.28. The van der Waals surface area contributed by atoms with Crippen molar-refractivity contribution in [1.29, 1.82) is 0 Å². The Bertz CT molecular complexity index is 599. The van der Waals surface area contributed by atoms with Crippen LogP contribution in [0.3, 0.4) is 0 Å². The number of nitrogens with zero attached hydrogens (tertiary/aromatic N) is 1. The molecule has 0 aliphatic heterocycles. The minimum Gasteiger partial charge on any atom is -0.378 e. The summed E-state index contributed by atoms with van der Waals surface area (Å²) in [5.74, 6) is 5.72. The molecule has 1 atom stereocenters. The molecule has 2 rings (SSSR count). The molecule has 20 heavy (non-hydrogen) atoms. The molecule has 3 N–H and O–H groups in total. The average Bonchev–Trinajstić information content (AvgIpc) is 2.44. The van der Waals surface area contributed by atoms with Crippen LogP contribution in [-0.4, -0.2) is 14.1 Å². The average molecular weight is 310 g/mol. The van der Waals surface area contributed by atoms with Crippen LogP contribution in [0.25, 0.3) is 0 Å². The van der Waals surface area contributed by atoms with Gasteiger partial charge in [0.25, 0.3) is 0 Å². The molecule has 0 spiro atoms. The summed E-state index contributed by atoms with van der Waals surface area (Å²) in [5.41, 5.74) is 5.79. The van der Waals surface area contributed by atoms with E-state index in [1.165, 1.54) is 0 Å². The van der Waals surface area contributed by atoms with E-state index >= 15 is 0 Å². The van der Waals surface area contributed by atoms with Crippen molar-refractivity contribution in [2.24, 2.45) is 5.84 Å². The van der Waals surface area contributed by atoms with Gasteiger partial charge in [-0.3, -0.25) is 5.84 Å². The lowest BCUT2D eigenvalue weighted by Crippen LogP contribution is -2.29.